The molecule has 0 aromatic heterocycles. The van der Waals surface area contributed by atoms with Gasteiger partial charge in [-0.05, 0) is 51.4 Å². The van der Waals surface area contributed by atoms with Crippen LogP contribution in [0, 0.1) is 0 Å². The molecule has 0 heterocycles. The molecule has 0 saturated carbocycles. The van der Waals surface area contributed by atoms with Crippen molar-refractivity contribution < 1.29 is 28.6 Å². The molecule has 0 aliphatic heterocycles. The number of hydrogen-bond donors (Lipinski definition) is 0. The van der Waals surface area contributed by atoms with Gasteiger partial charge in [-0.15, -0.1) is 0 Å². The fraction of sp³-hybridized carbons (Fsp3) is 0.885. The summed E-state index contributed by atoms with van der Waals surface area (Å²) in [6, 6.07) is 0. The third kappa shape index (κ3) is 54.7. The van der Waals surface area contributed by atoms with Crippen LogP contribution in [-0.2, 0) is 28.6 Å². The molecule has 0 radical (unpaired) electrons. The molecule has 1 atom stereocenters. The van der Waals surface area contributed by atoms with Crippen LogP contribution in [0.3, 0.4) is 0 Å². The number of carbonyl (C=O) groups is 3. The van der Waals surface area contributed by atoms with Gasteiger partial charge in [0.25, 0.3) is 0 Å². The molecular formula is C61H114O6. The average molecular weight is 944 g/mol. The van der Waals surface area contributed by atoms with Crippen LogP contribution in [-0.4, -0.2) is 37.2 Å². The fourth-order valence-corrected chi connectivity index (χ4v) is 8.95. The van der Waals surface area contributed by atoms with Crippen molar-refractivity contribution in [3.63, 3.8) is 0 Å². The summed E-state index contributed by atoms with van der Waals surface area (Å²) in [6.45, 7) is 6.65. The van der Waals surface area contributed by atoms with Crippen molar-refractivity contribution >= 4 is 17.9 Å². The third-order valence-electron chi connectivity index (χ3n) is 13.5. The predicted octanol–water partition coefficient (Wildman–Crippen LogP) is 19.9. The number of esters is 3. The van der Waals surface area contributed by atoms with E-state index in [9.17, 15) is 14.4 Å². The van der Waals surface area contributed by atoms with Crippen LogP contribution in [0.2, 0.25) is 0 Å². The summed E-state index contributed by atoms with van der Waals surface area (Å²) < 4.78 is 16.9. The Morgan fingerprint density at radius 2 is 0.537 bits per heavy atom. The van der Waals surface area contributed by atoms with E-state index in [0.29, 0.717) is 19.3 Å². The first-order chi connectivity index (χ1) is 33.0. The Kier molecular flexibility index (Phi) is 54.7. The van der Waals surface area contributed by atoms with Gasteiger partial charge >= 0.3 is 17.9 Å². The maximum Gasteiger partial charge on any atom is 0.306 e. The molecule has 67 heavy (non-hydrogen) atoms. The van der Waals surface area contributed by atoms with Crippen LogP contribution in [0.4, 0.5) is 0 Å². The Morgan fingerprint density at radius 1 is 0.299 bits per heavy atom. The zero-order chi connectivity index (χ0) is 48.6. The zero-order valence-corrected chi connectivity index (χ0v) is 45.2. The second kappa shape index (κ2) is 56.5. The minimum atomic E-state index is -0.770. The molecule has 394 valence electrons. The number of allylic oxidation sites excluding steroid dienone is 4. The van der Waals surface area contributed by atoms with E-state index in [0.717, 1.165) is 70.6 Å². The van der Waals surface area contributed by atoms with E-state index >= 15 is 0 Å². The van der Waals surface area contributed by atoms with E-state index in [1.54, 1.807) is 0 Å². The third-order valence-corrected chi connectivity index (χ3v) is 13.5. The lowest BCUT2D eigenvalue weighted by molar-refractivity contribution is -0.167. The summed E-state index contributed by atoms with van der Waals surface area (Å²) in [7, 11) is 0. The summed E-state index contributed by atoms with van der Waals surface area (Å²) in [4.78, 5) is 38.1. The van der Waals surface area contributed by atoms with Gasteiger partial charge < -0.3 is 14.2 Å². The first kappa shape index (κ1) is 64.9. The van der Waals surface area contributed by atoms with Crippen molar-refractivity contribution in [1.82, 2.24) is 0 Å². The molecule has 0 aliphatic rings. The second-order valence-electron chi connectivity index (χ2n) is 20.3. The highest BCUT2D eigenvalue weighted by Gasteiger charge is 2.19. The smallest absolute Gasteiger partial charge is 0.306 e. The summed E-state index contributed by atoms with van der Waals surface area (Å²) in [5.74, 6) is -0.855. The molecule has 0 amide bonds. The maximum atomic E-state index is 12.8. The van der Waals surface area contributed by atoms with Gasteiger partial charge in [0, 0.05) is 19.3 Å². The Balaban J connectivity index is 4.25. The predicted molar refractivity (Wildman–Crippen MR) is 289 cm³/mol. The molecule has 0 aromatic carbocycles. The monoisotopic (exact) mass is 943 g/mol. The SMILES string of the molecule is CCCCC/C=C\C/C=C\CCCCCCCCCC(=O)OC(COC(=O)CCCCCCCCCCCCC)COC(=O)CCCCCCCCCCCCCCCCCCCCCCC. The highest BCUT2D eigenvalue weighted by Crippen LogP contribution is 2.17. The van der Waals surface area contributed by atoms with Gasteiger partial charge in [0.15, 0.2) is 6.10 Å². The van der Waals surface area contributed by atoms with E-state index in [4.69, 9.17) is 14.2 Å². The summed E-state index contributed by atoms with van der Waals surface area (Å²) in [6.07, 6.45) is 66.0. The summed E-state index contributed by atoms with van der Waals surface area (Å²) >= 11 is 0. The van der Waals surface area contributed by atoms with Crippen molar-refractivity contribution in [2.24, 2.45) is 0 Å². The number of carbonyl (C=O) groups excluding carboxylic acids is 3. The Morgan fingerprint density at radius 3 is 0.851 bits per heavy atom. The highest BCUT2D eigenvalue weighted by atomic mass is 16.6. The number of unbranched alkanes of at least 4 members (excludes halogenated alkanes) is 40. The Labute approximate surface area is 417 Å². The topological polar surface area (TPSA) is 78.9 Å². The molecule has 0 aromatic rings. The van der Waals surface area contributed by atoms with Gasteiger partial charge in [0.1, 0.15) is 13.2 Å². The molecule has 0 bridgehead atoms. The molecule has 6 heteroatoms. The lowest BCUT2D eigenvalue weighted by Crippen LogP contribution is -2.30. The van der Waals surface area contributed by atoms with Gasteiger partial charge in [0.05, 0.1) is 0 Å². The summed E-state index contributed by atoms with van der Waals surface area (Å²) in [5, 5.41) is 0. The van der Waals surface area contributed by atoms with Gasteiger partial charge in [-0.1, -0.05) is 283 Å². The second-order valence-corrected chi connectivity index (χ2v) is 20.3. The average Bonchev–Trinajstić information content (AvgIpc) is 3.33. The van der Waals surface area contributed by atoms with Crippen LogP contribution in [0.25, 0.3) is 0 Å². The van der Waals surface area contributed by atoms with Gasteiger partial charge in [-0.25, -0.2) is 0 Å². The largest absolute Gasteiger partial charge is 0.462 e. The van der Waals surface area contributed by atoms with Crippen LogP contribution in [0.5, 0.6) is 0 Å². The summed E-state index contributed by atoms with van der Waals surface area (Å²) in [5.41, 5.74) is 0. The number of hydrogen-bond acceptors (Lipinski definition) is 6. The zero-order valence-electron chi connectivity index (χ0n) is 45.2. The van der Waals surface area contributed by atoms with E-state index in [1.807, 2.05) is 0 Å². The first-order valence-corrected chi connectivity index (χ1v) is 29.8. The van der Waals surface area contributed by atoms with Crippen LogP contribution in [0.15, 0.2) is 24.3 Å². The Bertz CT molecular complexity index is 1080. The van der Waals surface area contributed by atoms with Crippen molar-refractivity contribution in [2.45, 2.75) is 335 Å². The fourth-order valence-electron chi connectivity index (χ4n) is 8.95. The molecule has 0 fully saturated rings. The molecule has 0 aliphatic carbocycles. The van der Waals surface area contributed by atoms with Crippen molar-refractivity contribution in [1.29, 1.82) is 0 Å². The normalized spacial score (nSPS) is 12.1. The van der Waals surface area contributed by atoms with Crippen molar-refractivity contribution in [3.8, 4) is 0 Å². The lowest BCUT2D eigenvalue weighted by atomic mass is 10.0. The molecule has 0 N–H and O–H groups in total. The first-order valence-electron chi connectivity index (χ1n) is 29.8. The highest BCUT2D eigenvalue weighted by molar-refractivity contribution is 5.71. The molecule has 0 saturated heterocycles. The minimum Gasteiger partial charge on any atom is -0.462 e. The quantitative estimate of drug-likeness (QED) is 0.0262. The molecule has 1 unspecified atom stereocenters. The van der Waals surface area contributed by atoms with Crippen molar-refractivity contribution in [2.75, 3.05) is 13.2 Å². The lowest BCUT2D eigenvalue weighted by Gasteiger charge is -2.18. The van der Waals surface area contributed by atoms with Crippen LogP contribution < -0.4 is 0 Å². The van der Waals surface area contributed by atoms with Crippen LogP contribution in [0.1, 0.15) is 329 Å². The van der Waals surface area contributed by atoms with Crippen LogP contribution >= 0.6 is 0 Å². The maximum absolute atomic E-state index is 12.8. The van der Waals surface area contributed by atoms with E-state index in [1.165, 1.54) is 218 Å². The Hall–Kier alpha value is -2.11. The molecule has 6 nitrogen and oxygen atoms in total. The van der Waals surface area contributed by atoms with Gasteiger partial charge in [-0.2, -0.15) is 0 Å². The molecular weight excluding hydrogens is 829 g/mol. The van der Waals surface area contributed by atoms with Crippen molar-refractivity contribution in [3.05, 3.63) is 24.3 Å². The number of ether oxygens (including phenoxy) is 3. The van der Waals surface area contributed by atoms with Gasteiger partial charge in [-0.3, -0.25) is 14.4 Å². The van der Waals surface area contributed by atoms with E-state index in [-0.39, 0.29) is 31.1 Å². The number of rotatable bonds is 55. The minimum absolute atomic E-state index is 0.0690. The van der Waals surface area contributed by atoms with E-state index < -0.39 is 6.10 Å². The standard InChI is InChI=1S/C61H114O6/c1-4-7-10-13-16-19-22-24-26-28-29-30-31-33-34-36-39-42-45-48-51-54-60(63)66-57-58(56-65-59(62)53-50-47-44-41-38-21-18-15-12-9-6-3)67-61(64)55-52-49-46-43-40-37-35-32-27-25-23-20-17-14-11-8-5-2/h17,20,25,27,58H,4-16,18-19,21-24,26,28-57H2,1-3H3/b20-17-,27-25-. The molecule has 0 spiro atoms. The molecule has 0 rings (SSSR count). The van der Waals surface area contributed by atoms with Gasteiger partial charge in [0.2, 0.25) is 0 Å². The van der Waals surface area contributed by atoms with E-state index in [2.05, 4.69) is 45.1 Å².